The van der Waals surface area contributed by atoms with Crippen LogP contribution in [0.3, 0.4) is 0 Å². The van der Waals surface area contributed by atoms with Gasteiger partial charge in [0.05, 0.1) is 18.2 Å². The SMILES string of the molecule is CCOc1cc(C#N)ccc1OS(=O)(=O)c1ccc(C(C)C)cc1. The molecule has 0 aliphatic heterocycles. The van der Waals surface area contributed by atoms with Crippen molar-refractivity contribution in [2.24, 2.45) is 0 Å². The molecule has 2 aromatic carbocycles. The highest BCUT2D eigenvalue weighted by molar-refractivity contribution is 7.87. The van der Waals surface area contributed by atoms with Crippen LogP contribution in [0.5, 0.6) is 11.5 Å². The second-order valence-corrected chi connectivity index (χ2v) is 7.01. The standard InChI is InChI=1S/C18H19NO4S/c1-4-22-18-11-14(12-19)5-10-17(18)23-24(20,21)16-8-6-15(7-9-16)13(2)3/h5-11,13H,4H2,1-3H3. The Balaban J connectivity index is 2.33. The topological polar surface area (TPSA) is 76.4 Å². The lowest BCUT2D eigenvalue weighted by Gasteiger charge is -2.12. The van der Waals surface area contributed by atoms with Crippen LogP contribution in [0, 0.1) is 11.3 Å². The van der Waals surface area contributed by atoms with Crippen molar-refractivity contribution < 1.29 is 17.3 Å². The quantitative estimate of drug-likeness (QED) is 0.743. The molecule has 0 heterocycles. The molecule has 0 N–H and O–H groups in total. The van der Waals surface area contributed by atoms with Crippen LogP contribution in [0.1, 0.15) is 37.8 Å². The summed E-state index contributed by atoms with van der Waals surface area (Å²) in [6, 6.07) is 12.9. The first-order valence-corrected chi connectivity index (χ1v) is 8.99. The third-order valence-electron chi connectivity index (χ3n) is 3.41. The Hall–Kier alpha value is -2.52. The molecule has 0 fully saturated rings. The van der Waals surface area contributed by atoms with Crippen LogP contribution in [0.15, 0.2) is 47.4 Å². The average Bonchev–Trinajstić information content (AvgIpc) is 2.56. The summed E-state index contributed by atoms with van der Waals surface area (Å²) in [5.74, 6) is 0.591. The second kappa shape index (κ2) is 7.37. The van der Waals surface area contributed by atoms with Gasteiger partial charge < -0.3 is 8.92 Å². The first-order valence-electron chi connectivity index (χ1n) is 7.58. The molecule has 2 aromatic rings. The van der Waals surface area contributed by atoms with E-state index < -0.39 is 10.1 Å². The maximum Gasteiger partial charge on any atom is 0.339 e. The highest BCUT2D eigenvalue weighted by Gasteiger charge is 2.19. The van der Waals surface area contributed by atoms with Gasteiger partial charge in [0.1, 0.15) is 4.90 Å². The molecular weight excluding hydrogens is 326 g/mol. The fourth-order valence-electron chi connectivity index (χ4n) is 2.10. The summed E-state index contributed by atoms with van der Waals surface area (Å²) in [4.78, 5) is 0.0682. The number of nitriles is 1. The van der Waals surface area contributed by atoms with E-state index in [9.17, 15) is 8.42 Å². The molecule has 5 nitrogen and oxygen atoms in total. The van der Waals surface area contributed by atoms with Gasteiger partial charge in [-0.1, -0.05) is 26.0 Å². The lowest BCUT2D eigenvalue weighted by molar-refractivity contribution is 0.327. The van der Waals surface area contributed by atoms with E-state index in [1.54, 1.807) is 19.1 Å². The molecule has 24 heavy (non-hydrogen) atoms. The maximum atomic E-state index is 12.5. The minimum atomic E-state index is -3.98. The molecule has 0 aliphatic carbocycles. The second-order valence-electron chi connectivity index (χ2n) is 5.47. The van der Waals surface area contributed by atoms with E-state index in [0.29, 0.717) is 18.1 Å². The van der Waals surface area contributed by atoms with Gasteiger partial charge in [-0.3, -0.25) is 0 Å². The van der Waals surface area contributed by atoms with Gasteiger partial charge in [0, 0.05) is 6.07 Å². The molecule has 2 rings (SSSR count). The summed E-state index contributed by atoms with van der Waals surface area (Å²) in [5, 5.41) is 8.94. The first-order chi connectivity index (χ1) is 11.4. The number of hydrogen-bond donors (Lipinski definition) is 0. The van der Waals surface area contributed by atoms with Gasteiger partial charge in [-0.05, 0) is 42.7 Å². The van der Waals surface area contributed by atoms with Gasteiger partial charge in [-0.2, -0.15) is 13.7 Å². The highest BCUT2D eigenvalue weighted by Crippen LogP contribution is 2.31. The Morgan fingerprint density at radius 3 is 2.29 bits per heavy atom. The van der Waals surface area contributed by atoms with Crippen LogP contribution < -0.4 is 8.92 Å². The van der Waals surface area contributed by atoms with Crippen molar-refractivity contribution in [3.05, 3.63) is 53.6 Å². The molecule has 126 valence electrons. The van der Waals surface area contributed by atoms with E-state index in [1.165, 1.54) is 30.3 Å². The summed E-state index contributed by atoms with van der Waals surface area (Å²) >= 11 is 0. The number of benzene rings is 2. The van der Waals surface area contributed by atoms with Gasteiger partial charge in [-0.25, -0.2) is 0 Å². The Morgan fingerprint density at radius 1 is 1.08 bits per heavy atom. The van der Waals surface area contributed by atoms with Crippen molar-refractivity contribution in [3.63, 3.8) is 0 Å². The van der Waals surface area contributed by atoms with Crippen molar-refractivity contribution >= 4 is 10.1 Å². The summed E-state index contributed by atoms with van der Waals surface area (Å²) in [5.41, 5.74) is 1.41. The van der Waals surface area contributed by atoms with E-state index in [0.717, 1.165) is 5.56 Å². The lowest BCUT2D eigenvalue weighted by Crippen LogP contribution is -2.11. The monoisotopic (exact) mass is 345 g/mol. The van der Waals surface area contributed by atoms with Crippen molar-refractivity contribution in [1.82, 2.24) is 0 Å². The van der Waals surface area contributed by atoms with Gasteiger partial charge in [0.2, 0.25) is 0 Å². The molecule has 0 aromatic heterocycles. The van der Waals surface area contributed by atoms with Gasteiger partial charge in [-0.15, -0.1) is 0 Å². The molecular formula is C18H19NO4S. The summed E-state index contributed by atoms with van der Waals surface area (Å²) in [6.45, 7) is 6.16. The van der Waals surface area contributed by atoms with Crippen LogP contribution in [-0.2, 0) is 10.1 Å². The molecule has 0 radical (unpaired) electrons. The number of rotatable bonds is 6. The largest absolute Gasteiger partial charge is 0.490 e. The van der Waals surface area contributed by atoms with Crippen LogP contribution >= 0.6 is 0 Å². The summed E-state index contributed by atoms with van der Waals surface area (Å²) < 4.78 is 35.5. The molecule has 0 spiro atoms. The zero-order valence-electron chi connectivity index (χ0n) is 13.8. The summed E-state index contributed by atoms with van der Waals surface area (Å²) in [7, 11) is -3.98. The summed E-state index contributed by atoms with van der Waals surface area (Å²) in [6.07, 6.45) is 0. The molecule has 0 amide bonds. The Morgan fingerprint density at radius 2 is 1.75 bits per heavy atom. The van der Waals surface area contributed by atoms with E-state index >= 15 is 0 Å². The Bertz CT molecular complexity index is 850. The number of hydrogen-bond acceptors (Lipinski definition) is 5. The van der Waals surface area contributed by atoms with Crippen LogP contribution in [0.2, 0.25) is 0 Å². The van der Waals surface area contributed by atoms with E-state index in [-0.39, 0.29) is 16.4 Å². The van der Waals surface area contributed by atoms with Gasteiger partial charge in [0.15, 0.2) is 11.5 Å². The lowest BCUT2D eigenvalue weighted by atomic mass is 10.0. The van der Waals surface area contributed by atoms with Crippen LogP contribution in [0.4, 0.5) is 0 Å². The van der Waals surface area contributed by atoms with Crippen molar-refractivity contribution in [1.29, 1.82) is 5.26 Å². The molecule has 0 bridgehead atoms. The molecule has 0 saturated heterocycles. The third-order valence-corrected chi connectivity index (χ3v) is 4.66. The minimum Gasteiger partial charge on any atom is -0.490 e. The highest BCUT2D eigenvalue weighted by atomic mass is 32.2. The predicted octanol–water partition coefficient (Wildman–Crippen LogP) is 3.85. The predicted molar refractivity (Wildman–Crippen MR) is 90.7 cm³/mol. The van der Waals surface area contributed by atoms with Crippen LogP contribution in [-0.4, -0.2) is 15.0 Å². The molecule has 6 heteroatoms. The smallest absolute Gasteiger partial charge is 0.339 e. The number of nitrogens with zero attached hydrogens (tertiary/aromatic N) is 1. The van der Waals surface area contributed by atoms with Crippen molar-refractivity contribution in [2.75, 3.05) is 6.61 Å². The fraction of sp³-hybridized carbons (Fsp3) is 0.278. The van der Waals surface area contributed by atoms with E-state index in [1.807, 2.05) is 19.9 Å². The van der Waals surface area contributed by atoms with Crippen molar-refractivity contribution in [2.45, 2.75) is 31.6 Å². The molecule has 0 aliphatic rings. The zero-order valence-corrected chi connectivity index (χ0v) is 14.6. The van der Waals surface area contributed by atoms with Gasteiger partial charge >= 0.3 is 10.1 Å². The fourth-order valence-corrected chi connectivity index (χ4v) is 3.04. The minimum absolute atomic E-state index is 0.0591. The van der Waals surface area contributed by atoms with Crippen LogP contribution in [0.25, 0.3) is 0 Å². The molecule has 0 unspecified atom stereocenters. The zero-order chi connectivity index (χ0) is 17.7. The normalized spacial score (nSPS) is 11.1. The number of ether oxygens (including phenoxy) is 1. The Kier molecular flexibility index (Phi) is 5.47. The Labute approximate surface area is 142 Å². The maximum absolute atomic E-state index is 12.5. The third kappa shape index (κ3) is 4.06. The van der Waals surface area contributed by atoms with E-state index in [4.69, 9.17) is 14.2 Å². The molecule has 0 saturated carbocycles. The average molecular weight is 345 g/mol. The van der Waals surface area contributed by atoms with Crippen molar-refractivity contribution in [3.8, 4) is 17.6 Å². The molecule has 0 atom stereocenters. The first kappa shape index (κ1) is 17.8. The van der Waals surface area contributed by atoms with E-state index in [2.05, 4.69) is 0 Å². The van der Waals surface area contributed by atoms with Gasteiger partial charge in [0.25, 0.3) is 0 Å².